The molecule has 23 heavy (non-hydrogen) atoms. The van der Waals surface area contributed by atoms with E-state index in [-0.39, 0.29) is 6.92 Å². The maximum Gasteiger partial charge on any atom is 0.423 e. The number of alkyl halides is 5. The summed E-state index contributed by atoms with van der Waals surface area (Å²) >= 11 is 0. The molecule has 0 aliphatic carbocycles. The molecule has 0 radical (unpaired) electrons. The lowest BCUT2D eigenvalue weighted by Crippen LogP contribution is -2.77. The Morgan fingerprint density at radius 3 is 2.22 bits per heavy atom. The SMILES string of the molecule is C=CC(=O)OCC1(C)COC(C)(C(F)(F)F)C(F)(F)C1(C)OC. The van der Waals surface area contributed by atoms with Crippen LogP contribution in [0.3, 0.4) is 0 Å². The molecule has 0 aromatic carbocycles. The second-order valence-corrected chi connectivity index (χ2v) is 6.00. The van der Waals surface area contributed by atoms with Gasteiger partial charge in [-0.15, -0.1) is 0 Å². The Kier molecular flexibility index (Phi) is 4.91. The highest BCUT2D eigenvalue weighted by Gasteiger charge is 2.80. The van der Waals surface area contributed by atoms with E-state index in [2.05, 4.69) is 11.3 Å². The van der Waals surface area contributed by atoms with Crippen molar-refractivity contribution in [3.8, 4) is 0 Å². The minimum atomic E-state index is -5.32. The summed E-state index contributed by atoms with van der Waals surface area (Å²) in [5.74, 6) is -5.34. The number of hydrogen-bond acceptors (Lipinski definition) is 4. The number of esters is 1. The van der Waals surface area contributed by atoms with Gasteiger partial charge in [-0.25, -0.2) is 4.79 Å². The van der Waals surface area contributed by atoms with Crippen LogP contribution in [0, 0.1) is 5.41 Å². The lowest BCUT2D eigenvalue weighted by Gasteiger charge is -2.58. The third-order valence-corrected chi connectivity index (χ3v) is 4.68. The second-order valence-electron chi connectivity index (χ2n) is 6.00. The fourth-order valence-electron chi connectivity index (χ4n) is 2.47. The van der Waals surface area contributed by atoms with Crippen LogP contribution < -0.4 is 0 Å². The fourth-order valence-corrected chi connectivity index (χ4v) is 2.47. The van der Waals surface area contributed by atoms with Crippen molar-refractivity contribution in [3.05, 3.63) is 12.7 Å². The van der Waals surface area contributed by atoms with Gasteiger partial charge >= 0.3 is 18.1 Å². The van der Waals surface area contributed by atoms with Gasteiger partial charge in [0.1, 0.15) is 12.2 Å². The van der Waals surface area contributed by atoms with Gasteiger partial charge in [-0.05, 0) is 13.8 Å². The zero-order valence-electron chi connectivity index (χ0n) is 13.2. The van der Waals surface area contributed by atoms with Crippen LogP contribution in [0.25, 0.3) is 0 Å². The number of methoxy groups -OCH3 is 1. The van der Waals surface area contributed by atoms with Crippen LogP contribution in [0.4, 0.5) is 22.0 Å². The zero-order chi connectivity index (χ0) is 18.3. The molecule has 0 amide bonds. The molecule has 3 atom stereocenters. The van der Waals surface area contributed by atoms with Gasteiger partial charge in [0.2, 0.25) is 5.60 Å². The lowest BCUT2D eigenvalue weighted by atomic mass is 9.65. The van der Waals surface area contributed by atoms with Crippen molar-refractivity contribution in [2.45, 2.75) is 44.1 Å². The van der Waals surface area contributed by atoms with Gasteiger partial charge < -0.3 is 14.2 Å². The van der Waals surface area contributed by atoms with Crippen LogP contribution in [0.2, 0.25) is 0 Å². The summed E-state index contributed by atoms with van der Waals surface area (Å²) in [6.07, 6.45) is -4.51. The summed E-state index contributed by atoms with van der Waals surface area (Å²) < 4.78 is 83.1. The van der Waals surface area contributed by atoms with Gasteiger partial charge in [0.25, 0.3) is 0 Å². The number of carbonyl (C=O) groups is 1. The molecule has 4 nitrogen and oxygen atoms in total. The van der Waals surface area contributed by atoms with Gasteiger partial charge in [-0.3, -0.25) is 0 Å². The quantitative estimate of drug-likeness (QED) is 0.446. The van der Waals surface area contributed by atoms with Crippen LogP contribution in [0.5, 0.6) is 0 Å². The molecule has 1 saturated heterocycles. The van der Waals surface area contributed by atoms with Crippen molar-refractivity contribution in [1.82, 2.24) is 0 Å². The first kappa shape index (κ1) is 19.8. The van der Waals surface area contributed by atoms with Crippen molar-refractivity contribution >= 4 is 5.97 Å². The molecule has 134 valence electrons. The van der Waals surface area contributed by atoms with E-state index in [4.69, 9.17) is 9.47 Å². The second kappa shape index (κ2) is 5.70. The highest BCUT2D eigenvalue weighted by Crippen LogP contribution is 2.59. The maximum atomic E-state index is 14.8. The molecule has 0 bridgehead atoms. The molecule has 1 aliphatic heterocycles. The minimum Gasteiger partial charge on any atom is -0.462 e. The van der Waals surface area contributed by atoms with E-state index < -0.39 is 47.9 Å². The molecule has 0 spiro atoms. The lowest BCUT2D eigenvalue weighted by molar-refractivity contribution is -0.424. The van der Waals surface area contributed by atoms with Gasteiger partial charge in [0.05, 0.1) is 12.0 Å². The monoisotopic (exact) mass is 346 g/mol. The van der Waals surface area contributed by atoms with E-state index in [9.17, 15) is 26.7 Å². The van der Waals surface area contributed by atoms with Crippen molar-refractivity contribution < 1.29 is 41.0 Å². The third kappa shape index (κ3) is 2.63. The molecule has 1 aliphatic rings. The Balaban J connectivity index is 3.33. The molecule has 0 aromatic heterocycles. The summed E-state index contributed by atoms with van der Waals surface area (Å²) in [5, 5.41) is 0. The van der Waals surface area contributed by atoms with Crippen molar-refractivity contribution in [2.75, 3.05) is 20.3 Å². The summed E-state index contributed by atoms with van der Waals surface area (Å²) in [4.78, 5) is 11.2. The Morgan fingerprint density at radius 1 is 1.30 bits per heavy atom. The minimum absolute atomic E-state index is 0.277. The molecule has 1 fully saturated rings. The Labute approximate surface area is 130 Å². The third-order valence-electron chi connectivity index (χ3n) is 4.68. The van der Waals surface area contributed by atoms with Gasteiger partial charge in [-0.1, -0.05) is 13.5 Å². The first-order chi connectivity index (χ1) is 10.2. The number of halogens is 5. The van der Waals surface area contributed by atoms with E-state index in [1.165, 1.54) is 6.92 Å². The summed E-state index contributed by atoms with van der Waals surface area (Å²) in [6.45, 7) is 4.12. The molecule has 1 rings (SSSR count). The Hall–Kier alpha value is -1.22. The van der Waals surface area contributed by atoms with E-state index in [1.54, 1.807) is 0 Å². The molecular formula is C14H19F5O4. The van der Waals surface area contributed by atoms with E-state index >= 15 is 0 Å². The van der Waals surface area contributed by atoms with Crippen molar-refractivity contribution in [1.29, 1.82) is 0 Å². The first-order valence-corrected chi connectivity index (χ1v) is 6.65. The van der Waals surface area contributed by atoms with Crippen molar-refractivity contribution in [2.24, 2.45) is 5.41 Å². The predicted molar refractivity (Wildman–Crippen MR) is 70.0 cm³/mol. The van der Waals surface area contributed by atoms with Crippen molar-refractivity contribution in [3.63, 3.8) is 0 Å². The largest absolute Gasteiger partial charge is 0.462 e. The summed E-state index contributed by atoms with van der Waals surface area (Å²) in [7, 11) is 0.879. The first-order valence-electron chi connectivity index (χ1n) is 6.65. The topological polar surface area (TPSA) is 44.8 Å². The number of hydrogen-bond donors (Lipinski definition) is 0. The maximum absolute atomic E-state index is 14.8. The van der Waals surface area contributed by atoms with E-state index in [0.29, 0.717) is 0 Å². The van der Waals surface area contributed by atoms with Crippen LogP contribution in [-0.2, 0) is 19.0 Å². The molecule has 0 aromatic rings. The Bertz CT molecular complexity index is 492. The molecule has 9 heteroatoms. The predicted octanol–water partition coefficient (Wildman–Crippen LogP) is 3.11. The normalized spacial score (nSPS) is 37.3. The average Bonchev–Trinajstić information content (AvgIpc) is 2.46. The standard InChI is InChI=1S/C14H19F5O4/c1-6-9(20)22-7-10(2)8-23-12(4,14(17,18)19)13(15,16)11(10,3)21-5/h6H,1,7-8H2,2-5H3. The smallest absolute Gasteiger partial charge is 0.423 e. The van der Waals surface area contributed by atoms with E-state index in [1.807, 2.05) is 0 Å². The number of carbonyl (C=O) groups excluding carboxylic acids is 1. The van der Waals surface area contributed by atoms with Gasteiger partial charge in [0, 0.05) is 13.2 Å². The zero-order valence-corrected chi connectivity index (χ0v) is 13.2. The highest BCUT2D eigenvalue weighted by atomic mass is 19.4. The number of rotatable bonds is 4. The molecule has 0 N–H and O–H groups in total. The van der Waals surface area contributed by atoms with Crippen LogP contribution in [-0.4, -0.2) is 49.6 Å². The van der Waals surface area contributed by atoms with Crippen LogP contribution >= 0.6 is 0 Å². The Morgan fingerprint density at radius 2 is 1.83 bits per heavy atom. The molecule has 1 heterocycles. The van der Waals surface area contributed by atoms with Crippen LogP contribution in [0.1, 0.15) is 20.8 Å². The summed E-state index contributed by atoms with van der Waals surface area (Å²) in [5.41, 5.74) is -8.04. The van der Waals surface area contributed by atoms with E-state index in [0.717, 1.165) is 20.1 Å². The molecule has 3 unspecified atom stereocenters. The van der Waals surface area contributed by atoms with Crippen LogP contribution in [0.15, 0.2) is 12.7 Å². The average molecular weight is 346 g/mol. The molecular weight excluding hydrogens is 327 g/mol. The highest BCUT2D eigenvalue weighted by molar-refractivity contribution is 5.81. The molecule has 0 saturated carbocycles. The van der Waals surface area contributed by atoms with Gasteiger partial charge in [-0.2, -0.15) is 22.0 Å². The fraction of sp³-hybridized carbons (Fsp3) is 0.786. The van der Waals surface area contributed by atoms with Gasteiger partial charge in [0.15, 0.2) is 0 Å². The number of ether oxygens (including phenoxy) is 3. The summed E-state index contributed by atoms with van der Waals surface area (Å²) in [6, 6.07) is 0.